The van der Waals surface area contributed by atoms with Gasteiger partial charge in [0.05, 0.1) is 12.8 Å². The number of nitrogens with one attached hydrogen (secondary N) is 2. The molecule has 30 heavy (non-hydrogen) atoms. The van der Waals surface area contributed by atoms with E-state index in [1.54, 1.807) is 0 Å². The van der Waals surface area contributed by atoms with Crippen LogP contribution in [0.2, 0.25) is 0 Å². The second-order valence-electron chi connectivity index (χ2n) is 7.58. The minimum absolute atomic E-state index is 0.00115. The molecular formula is C26H28N2O2. The van der Waals surface area contributed by atoms with Gasteiger partial charge in [-0.15, -0.1) is 0 Å². The molecule has 0 radical (unpaired) electrons. The maximum absolute atomic E-state index is 12.3. The molecule has 2 amide bonds. The third kappa shape index (κ3) is 6.31. The first-order chi connectivity index (χ1) is 14.5. The summed E-state index contributed by atoms with van der Waals surface area (Å²) in [6.07, 6.45) is 0.753. The van der Waals surface area contributed by atoms with Crippen molar-refractivity contribution in [3.05, 3.63) is 106 Å². The van der Waals surface area contributed by atoms with E-state index in [2.05, 4.69) is 10.6 Å². The third-order valence-corrected chi connectivity index (χ3v) is 5.20. The van der Waals surface area contributed by atoms with Crippen LogP contribution in [-0.2, 0) is 35.5 Å². The first-order valence-corrected chi connectivity index (χ1v) is 10.2. The van der Waals surface area contributed by atoms with Gasteiger partial charge in [-0.3, -0.25) is 9.59 Å². The Morgan fingerprint density at radius 2 is 1.07 bits per heavy atom. The lowest BCUT2D eigenvalue weighted by Gasteiger charge is -2.10. The van der Waals surface area contributed by atoms with E-state index in [1.165, 1.54) is 0 Å². The molecule has 4 heteroatoms. The molecule has 3 aromatic carbocycles. The molecule has 0 aliphatic heterocycles. The van der Waals surface area contributed by atoms with Crippen molar-refractivity contribution in [1.29, 1.82) is 0 Å². The van der Waals surface area contributed by atoms with Crippen LogP contribution in [0.15, 0.2) is 72.8 Å². The van der Waals surface area contributed by atoms with Crippen molar-refractivity contribution < 1.29 is 9.59 Å². The van der Waals surface area contributed by atoms with Crippen LogP contribution in [0, 0.1) is 13.8 Å². The minimum atomic E-state index is 0.00115. The molecule has 4 nitrogen and oxygen atoms in total. The second-order valence-corrected chi connectivity index (χ2v) is 7.58. The van der Waals surface area contributed by atoms with Crippen molar-refractivity contribution >= 4 is 11.8 Å². The van der Waals surface area contributed by atoms with Crippen molar-refractivity contribution in [2.24, 2.45) is 0 Å². The highest BCUT2D eigenvalue weighted by Crippen LogP contribution is 2.10. The Morgan fingerprint density at radius 3 is 1.50 bits per heavy atom. The van der Waals surface area contributed by atoms with Gasteiger partial charge in [0.25, 0.3) is 0 Å². The largest absolute Gasteiger partial charge is 0.352 e. The minimum Gasteiger partial charge on any atom is -0.352 e. The lowest BCUT2D eigenvalue weighted by molar-refractivity contribution is -0.121. The summed E-state index contributed by atoms with van der Waals surface area (Å²) in [5.41, 5.74) is 6.35. The van der Waals surface area contributed by atoms with Crippen LogP contribution >= 0.6 is 0 Å². The van der Waals surface area contributed by atoms with Crippen LogP contribution in [0.5, 0.6) is 0 Å². The Balaban J connectivity index is 1.48. The molecule has 0 fully saturated rings. The summed E-state index contributed by atoms with van der Waals surface area (Å²) in [6, 6.07) is 23.8. The Labute approximate surface area is 178 Å². The zero-order chi connectivity index (χ0) is 21.3. The van der Waals surface area contributed by atoms with Gasteiger partial charge in [-0.05, 0) is 47.2 Å². The highest BCUT2D eigenvalue weighted by Gasteiger charge is 2.07. The van der Waals surface area contributed by atoms with Gasteiger partial charge in [-0.25, -0.2) is 0 Å². The van der Waals surface area contributed by atoms with E-state index in [1.807, 2.05) is 86.6 Å². The predicted molar refractivity (Wildman–Crippen MR) is 120 cm³/mol. The Bertz CT molecular complexity index is 948. The monoisotopic (exact) mass is 400 g/mol. The van der Waals surface area contributed by atoms with E-state index in [9.17, 15) is 9.59 Å². The summed E-state index contributed by atoms with van der Waals surface area (Å²) in [7, 11) is 0. The molecule has 0 unspecified atom stereocenters. The standard InChI is InChI=1S/C26H28N2O2/c1-19-8-3-5-12-23(19)15-25(29)27-17-21-10-7-11-22(14-21)18-28-26(30)16-24-13-6-4-9-20(24)2/h3-14H,15-18H2,1-2H3,(H,27,29)(H,28,30). The molecule has 0 spiro atoms. The summed E-state index contributed by atoms with van der Waals surface area (Å²) < 4.78 is 0. The topological polar surface area (TPSA) is 58.2 Å². The van der Waals surface area contributed by atoms with E-state index in [-0.39, 0.29) is 11.8 Å². The van der Waals surface area contributed by atoms with Crippen molar-refractivity contribution in [2.45, 2.75) is 39.8 Å². The number of hydrogen-bond donors (Lipinski definition) is 2. The number of benzene rings is 3. The number of aryl methyl sites for hydroxylation is 2. The maximum Gasteiger partial charge on any atom is 0.224 e. The van der Waals surface area contributed by atoms with E-state index in [4.69, 9.17) is 0 Å². The molecule has 0 aromatic heterocycles. The summed E-state index contributed by atoms with van der Waals surface area (Å²) in [4.78, 5) is 24.5. The van der Waals surface area contributed by atoms with Gasteiger partial charge in [-0.2, -0.15) is 0 Å². The Hall–Kier alpha value is -3.40. The summed E-state index contributed by atoms with van der Waals surface area (Å²) in [5, 5.41) is 5.96. The fourth-order valence-corrected chi connectivity index (χ4v) is 3.34. The lowest BCUT2D eigenvalue weighted by atomic mass is 10.1. The molecule has 0 bridgehead atoms. The first kappa shape index (κ1) is 21.3. The lowest BCUT2D eigenvalue weighted by Crippen LogP contribution is -2.26. The molecule has 154 valence electrons. The van der Waals surface area contributed by atoms with Crippen molar-refractivity contribution in [3.63, 3.8) is 0 Å². The number of carbonyl (C=O) groups excluding carboxylic acids is 2. The first-order valence-electron chi connectivity index (χ1n) is 10.2. The molecule has 0 atom stereocenters. The zero-order valence-corrected chi connectivity index (χ0v) is 17.6. The summed E-state index contributed by atoms with van der Waals surface area (Å²) in [6.45, 7) is 4.96. The smallest absolute Gasteiger partial charge is 0.224 e. The van der Waals surface area contributed by atoms with Crippen LogP contribution in [0.1, 0.15) is 33.4 Å². The normalized spacial score (nSPS) is 10.5. The van der Waals surface area contributed by atoms with Gasteiger partial charge < -0.3 is 10.6 Å². The van der Waals surface area contributed by atoms with Crippen molar-refractivity contribution in [2.75, 3.05) is 0 Å². The van der Waals surface area contributed by atoms with Crippen molar-refractivity contribution in [1.82, 2.24) is 10.6 Å². The van der Waals surface area contributed by atoms with Crippen LogP contribution in [0.4, 0.5) is 0 Å². The molecule has 0 aliphatic rings. The van der Waals surface area contributed by atoms with Crippen molar-refractivity contribution in [3.8, 4) is 0 Å². The molecule has 2 N–H and O–H groups in total. The molecule has 0 saturated heterocycles. The molecule has 0 saturated carbocycles. The average Bonchev–Trinajstić information content (AvgIpc) is 2.74. The second kappa shape index (κ2) is 10.4. The SMILES string of the molecule is Cc1ccccc1CC(=O)NCc1cccc(CNC(=O)Cc2ccccc2C)c1. The van der Waals surface area contributed by atoms with E-state index in [0.29, 0.717) is 25.9 Å². The summed E-state index contributed by atoms with van der Waals surface area (Å²) >= 11 is 0. The summed E-state index contributed by atoms with van der Waals surface area (Å²) in [5.74, 6) is 0.00229. The highest BCUT2D eigenvalue weighted by molar-refractivity contribution is 5.79. The van der Waals surface area contributed by atoms with Gasteiger partial charge in [0.1, 0.15) is 0 Å². The van der Waals surface area contributed by atoms with Gasteiger partial charge in [0.2, 0.25) is 11.8 Å². The van der Waals surface area contributed by atoms with Crippen LogP contribution in [0.25, 0.3) is 0 Å². The molecule has 0 heterocycles. The van der Waals surface area contributed by atoms with E-state index in [0.717, 1.165) is 33.4 Å². The number of carbonyl (C=O) groups is 2. The zero-order valence-electron chi connectivity index (χ0n) is 17.6. The quantitative estimate of drug-likeness (QED) is 0.600. The van der Waals surface area contributed by atoms with Crippen LogP contribution in [0.3, 0.4) is 0 Å². The number of rotatable bonds is 8. The Morgan fingerprint density at radius 1 is 0.633 bits per heavy atom. The van der Waals surface area contributed by atoms with Crippen LogP contribution < -0.4 is 10.6 Å². The van der Waals surface area contributed by atoms with Gasteiger partial charge in [0, 0.05) is 13.1 Å². The number of hydrogen-bond acceptors (Lipinski definition) is 2. The fraction of sp³-hybridized carbons (Fsp3) is 0.231. The highest BCUT2D eigenvalue weighted by atomic mass is 16.2. The van der Waals surface area contributed by atoms with Gasteiger partial charge >= 0.3 is 0 Å². The van der Waals surface area contributed by atoms with E-state index < -0.39 is 0 Å². The molecule has 0 aliphatic carbocycles. The van der Waals surface area contributed by atoms with Gasteiger partial charge in [0.15, 0.2) is 0 Å². The maximum atomic E-state index is 12.3. The van der Waals surface area contributed by atoms with E-state index >= 15 is 0 Å². The Kier molecular flexibility index (Phi) is 7.39. The fourth-order valence-electron chi connectivity index (χ4n) is 3.34. The number of amides is 2. The predicted octanol–water partition coefficient (Wildman–Crippen LogP) is 4.02. The van der Waals surface area contributed by atoms with Gasteiger partial charge in [-0.1, -0.05) is 72.8 Å². The molecule has 3 aromatic rings. The third-order valence-electron chi connectivity index (χ3n) is 5.20. The average molecular weight is 401 g/mol. The molecule has 3 rings (SSSR count). The van der Waals surface area contributed by atoms with Crippen LogP contribution in [-0.4, -0.2) is 11.8 Å². The molecular weight excluding hydrogens is 372 g/mol.